The molecule has 1 atom stereocenters. The van der Waals surface area contributed by atoms with E-state index in [1.807, 2.05) is 36.4 Å². The van der Waals surface area contributed by atoms with E-state index in [1.54, 1.807) is 24.3 Å². The Balaban J connectivity index is 1.60. The Bertz CT molecular complexity index is 715. The second-order valence-electron chi connectivity index (χ2n) is 7.89. The van der Waals surface area contributed by atoms with Crippen LogP contribution in [0, 0.1) is 0 Å². The van der Waals surface area contributed by atoms with Gasteiger partial charge in [0, 0.05) is 25.7 Å². The normalized spacial score (nSPS) is 18.9. The number of likely N-dealkylation sites (N-methyl/N-ethyl adjacent to an activating group) is 1. The lowest BCUT2D eigenvalue weighted by molar-refractivity contribution is -0.162. The summed E-state index contributed by atoms with van der Waals surface area (Å²) in [6, 6.07) is 18.6. The Morgan fingerprint density at radius 3 is 2.21 bits per heavy atom. The van der Waals surface area contributed by atoms with E-state index in [0.717, 1.165) is 39.0 Å². The lowest BCUT2D eigenvalue weighted by atomic mass is 9.86. The molecule has 1 fully saturated rings. The summed E-state index contributed by atoms with van der Waals surface area (Å²) in [5.41, 5.74) is -0.773. The molecule has 1 heterocycles. The van der Waals surface area contributed by atoms with Gasteiger partial charge in [0.05, 0.1) is 6.61 Å². The highest BCUT2D eigenvalue weighted by molar-refractivity contribution is 5.85. The number of benzene rings is 2. The van der Waals surface area contributed by atoms with Crippen molar-refractivity contribution in [1.82, 2.24) is 9.80 Å². The Morgan fingerprint density at radius 2 is 1.62 bits per heavy atom. The van der Waals surface area contributed by atoms with Crippen LogP contribution in [0.3, 0.4) is 0 Å². The van der Waals surface area contributed by atoms with Gasteiger partial charge in [-0.1, -0.05) is 60.7 Å². The van der Waals surface area contributed by atoms with Gasteiger partial charge in [0.1, 0.15) is 0 Å². The molecule has 2 aromatic rings. The fraction of sp³-hybridized carbons (Fsp3) is 0.458. The van der Waals surface area contributed by atoms with Gasteiger partial charge in [-0.15, -0.1) is 0 Å². The molecule has 1 N–H and O–H groups in total. The summed E-state index contributed by atoms with van der Waals surface area (Å²) >= 11 is 0. The summed E-state index contributed by atoms with van der Waals surface area (Å²) in [6.07, 6.45) is 1.90. The van der Waals surface area contributed by atoms with Gasteiger partial charge < -0.3 is 19.6 Å². The van der Waals surface area contributed by atoms with Crippen molar-refractivity contribution in [2.45, 2.75) is 31.4 Å². The van der Waals surface area contributed by atoms with Crippen LogP contribution < -0.4 is 0 Å². The molecule has 0 saturated carbocycles. The van der Waals surface area contributed by atoms with Crippen molar-refractivity contribution in [1.29, 1.82) is 0 Å². The molecule has 1 aliphatic rings. The molecule has 0 spiro atoms. The maximum absolute atomic E-state index is 13.0. The van der Waals surface area contributed by atoms with Gasteiger partial charge in [0.15, 0.2) is 0 Å². The van der Waals surface area contributed by atoms with Crippen molar-refractivity contribution in [2.75, 3.05) is 39.8 Å². The minimum Gasteiger partial charge on any atom is -0.463 e. The van der Waals surface area contributed by atoms with Gasteiger partial charge in [-0.25, -0.2) is 4.79 Å². The summed E-state index contributed by atoms with van der Waals surface area (Å²) in [6.45, 7) is 6.61. The molecule has 5 heteroatoms. The number of hydrogen-bond donors (Lipinski definition) is 1. The topological polar surface area (TPSA) is 53.0 Å². The summed E-state index contributed by atoms with van der Waals surface area (Å²) in [7, 11) is 2.17. The van der Waals surface area contributed by atoms with Crippen LogP contribution in [0.4, 0.5) is 0 Å². The first kappa shape index (κ1) is 21.5. The van der Waals surface area contributed by atoms with Gasteiger partial charge in [-0.2, -0.15) is 0 Å². The molecule has 29 heavy (non-hydrogen) atoms. The van der Waals surface area contributed by atoms with E-state index in [2.05, 4.69) is 23.8 Å². The van der Waals surface area contributed by atoms with Crippen LogP contribution in [0.5, 0.6) is 0 Å². The molecule has 0 radical (unpaired) electrons. The molecule has 3 rings (SSSR count). The van der Waals surface area contributed by atoms with E-state index in [0.29, 0.717) is 23.8 Å². The van der Waals surface area contributed by atoms with Crippen molar-refractivity contribution in [3.8, 4) is 0 Å². The second kappa shape index (κ2) is 10.0. The van der Waals surface area contributed by atoms with Crippen LogP contribution in [0.1, 0.15) is 30.9 Å². The van der Waals surface area contributed by atoms with Gasteiger partial charge in [-0.05, 0) is 44.5 Å². The Kier molecular flexibility index (Phi) is 7.42. The average molecular weight is 397 g/mol. The third-order valence-corrected chi connectivity index (χ3v) is 5.91. The molecule has 2 aromatic carbocycles. The zero-order chi connectivity index (χ0) is 20.7. The standard InChI is InChI=1S/C24H32N2O3/c1-20-14-16-26(18-17-25(20)2)15-9-19-29-23(27)24(28,21-10-5-3-6-11-21)22-12-7-4-8-13-22/h3-8,10-13,20,28H,9,14-19H2,1-2H3/t20-/m0/s1. The number of rotatable bonds is 7. The van der Waals surface area contributed by atoms with E-state index < -0.39 is 11.6 Å². The predicted octanol–water partition coefficient (Wildman–Crippen LogP) is 2.88. The molecule has 156 valence electrons. The predicted molar refractivity (Wildman–Crippen MR) is 115 cm³/mol. The molecule has 0 amide bonds. The minimum atomic E-state index is -1.80. The van der Waals surface area contributed by atoms with Crippen molar-refractivity contribution < 1.29 is 14.6 Å². The van der Waals surface area contributed by atoms with Crippen LogP contribution in [0.15, 0.2) is 60.7 Å². The van der Waals surface area contributed by atoms with Crippen LogP contribution in [0.2, 0.25) is 0 Å². The number of nitrogens with zero attached hydrogens (tertiary/aromatic N) is 2. The van der Waals surface area contributed by atoms with E-state index in [1.165, 1.54) is 0 Å². The Labute approximate surface area is 173 Å². The second-order valence-corrected chi connectivity index (χ2v) is 7.89. The molecule has 0 bridgehead atoms. The van der Waals surface area contributed by atoms with Crippen LogP contribution in [0.25, 0.3) is 0 Å². The lowest BCUT2D eigenvalue weighted by Crippen LogP contribution is -2.39. The smallest absolute Gasteiger partial charge is 0.347 e. The van der Waals surface area contributed by atoms with E-state index in [9.17, 15) is 9.90 Å². The van der Waals surface area contributed by atoms with E-state index >= 15 is 0 Å². The molecule has 1 aliphatic heterocycles. The first-order chi connectivity index (χ1) is 14.0. The highest BCUT2D eigenvalue weighted by Gasteiger charge is 2.41. The summed E-state index contributed by atoms with van der Waals surface area (Å²) in [5.74, 6) is -0.626. The Morgan fingerprint density at radius 1 is 1.03 bits per heavy atom. The third kappa shape index (κ3) is 5.24. The number of aliphatic hydroxyl groups is 1. The molecule has 5 nitrogen and oxygen atoms in total. The van der Waals surface area contributed by atoms with Gasteiger partial charge >= 0.3 is 5.97 Å². The van der Waals surface area contributed by atoms with Gasteiger partial charge in [0.2, 0.25) is 5.60 Å². The SMILES string of the molecule is C[C@H]1CCN(CCCOC(=O)C(O)(c2ccccc2)c2ccccc2)CCN1C. The number of esters is 1. The summed E-state index contributed by atoms with van der Waals surface area (Å²) in [5, 5.41) is 11.4. The van der Waals surface area contributed by atoms with Crippen molar-refractivity contribution in [3.63, 3.8) is 0 Å². The van der Waals surface area contributed by atoms with E-state index in [-0.39, 0.29) is 0 Å². The Hall–Kier alpha value is -2.21. The average Bonchev–Trinajstić information content (AvgIpc) is 2.93. The van der Waals surface area contributed by atoms with Crippen LogP contribution in [-0.4, -0.2) is 66.8 Å². The first-order valence-corrected chi connectivity index (χ1v) is 10.4. The summed E-state index contributed by atoms with van der Waals surface area (Å²) in [4.78, 5) is 17.8. The molecule has 0 aromatic heterocycles. The lowest BCUT2D eigenvalue weighted by Gasteiger charge is -2.27. The maximum atomic E-state index is 13.0. The van der Waals surface area contributed by atoms with Crippen LogP contribution >= 0.6 is 0 Å². The van der Waals surface area contributed by atoms with Crippen LogP contribution in [-0.2, 0) is 15.1 Å². The highest BCUT2D eigenvalue weighted by Crippen LogP contribution is 2.31. The molecular formula is C24H32N2O3. The minimum absolute atomic E-state index is 0.294. The van der Waals surface area contributed by atoms with E-state index in [4.69, 9.17) is 4.74 Å². The maximum Gasteiger partial charge on any atom is 0.347 e. The fourth-order valence-corrected chi connectivity index (χ4v) is 3.76. The number of carbonyl (C=O) groups is 1. The number of carbonyl (C=O) groups excluding carboxylic acids is 1. The van der Waals surface area contributed by atoms with Gasteiger partial charge in [-0.3, -0.25) is 0 Å². The van der Waals surface area contributed by atoms with Crippen molar-refractivity contribution >= 4 is 5.97 Å². The summed E-state index contributed by atoms with van der Waals surface area (Å²) < 4.78 is 5.55. The molecule has 1 saturated heterocycles. The first-order valence-electron chi connectivity index (χ1n) is 10.4. The monoisotopic (exact) mass is 396 g/mol. The zero-order valence-corrected chi connectivity index (χ0v) is 17.5. The number of hydrogen-bond acceptors (Lipinski definition) is 5. The molecule has 0 unspecified atom stereocenters. The highest BCUT2D eigenvalue weighted by atomic mass is 16.5. The van der Waals surface area contributed by atoms with Crippen molar-refractivity contribution in [3.05, 3.63) is 71.8 Å². The van der Waals surface area contributed by atoms with Crippen molar-refractivity contribution in [2.24, 2.45) is 0 Å². The number of ether oxygens (including phenoxy) is 1. The molecular weight excluding hydrogens is 364 g/mol. The quantitative estimate of drug-likeness (QED) is 0.576. The zero-order valence-electron chi connectivity index (χ0n) is 17.5. The third-order valence-electron chi connectivity index (χ3n) is 5.91. The molecule has 0 aliphatic carbocycles. The largest absolute Gasteiger partial charge is 0.463 e. The fourth-order valence-electron chi connectivity index (χ4n) is 3.76. The van der Waals surface area contributed by atoms with Gasteiger partial charge in [0.25, 0.3) is 0 Å².